The van der Waals surface area contributed by atoms with Crippen molar-refractivity contribution in [3.05, 3.63) is 89.6 Å². The summed E-state index contributed by atoms with van der Waals surface area (Å²) >= 11 is 7.79. The van der Waals surface area contributed by atoms with E-state index in [1.165, 1.54) is 32.1 Å². The monoisotopic (exact) mass is 349 g/mol. The highest BCUT2D eigenvalue weighted by Gasteiger charge is 2.13. The Labute approximate surface area is 150 Å². The topological polar surface area (TPSA) is 4.41 Å². The number of nitrogens with zero attached hydrogens (tertiary/aromatic N) is 1. The molecule has 1 nitrogen and oxygen atoms in total. The zero-order chi connectivity index (χ0) is 16.5. The highest BCUT2D eigenvalue weighted by Crippen LogP contribution is 2.38. The maximum absolute atomic E-state index is 6.02. The van der Waals surface area contributed by atoms with Crippen LogP contribution in [0.25, 0.3) is 16.6 Å². The molecule has 0 aliphatic rings. The fourth-order valence-corrected chi connectivity index (χ4v) is 3.96. The number of hydrogen-bond donors (Lipinski definition) is 0. The highest BCUT2D eigenvalue weighted by molar-refractivity contribution is 7.99. The molecule has 4 rings (SSSR count). The summed E-state index contributed by atoms with van der Waals surface area (Å²) in [6, 6.07) is 25.1. The first-order chi connectivity index (χ1) is 11.7. The van der Waals surface area contributed by atoms with Gasteiger partial charge < -0.3 is 4.40 Å². The molecule has 0 amide bonds. The predicted octanol–water partition coefficient (Wildman–Crippen LogP) is 6.72. The molecule has 118 valence electrons. The quantitative estimate of drug-likeness (QED) is 0.397. The molecule has 0 N–H and O–H groups in total. The van der Waals surface area contributed by atoms with Crippen LogP contribution in [0.1, 0.15) is 5.56 Å². The molecule has 24 heavy (non-hydrogen) atoms. The fourth-order valence-electron chi connectivity index (χ4n) is 2.79. The molecule has 3 heteroatoms. The minimum atomic E-state index is 0.762. The average Bonchev–Trinajstić information content (AvgIpc) is 2.95. The molecule has 0 saturated carbocycles. The average molecular weight is 350 g/mol. The smallest absolute Gasteiger partial charge is 0.0922 e. The second kappa shape index (κ2) is 6.39. The lowest BCUT2D eigenvalue weighted by Crippen LogP contribution is -1.88. The largest absolute Gasteiger partial charge is 0.311 e. The molecule has 0 bridgehead atoms. The van der Waals surface area contributed by atoms with Gasteiger partial charge in [0, 0.05) is 27.2 Å². The van der Waals surface area contributed by atoms with Crippen molar-refractivity contribution >= 4 is 28.9 Å². The maximum atomic E-state index is 6.02. The van der Waals surface area contributed by atoms with Gasteiger partial charge in [0.25, 0.3) is 0 Å². The molecule has 0 saturated heterocycles. The van der Waals surface area contributed by atoms with Crippen LogP contribution < -0.4 is 0 Å². The second-order valence-electron chi connectivity index (χ2n) is 5.79. The summed E-state index contributed by atoms with van der Waals surface area (Å²) in [5.41, 5.74) is 4.93. The van der Waals surface area contributed by atoms with Crippen molar-refractivity contribution in [2.24, 2.45) is 0 Å². The summed E-state index contributed by atoms with van der Waals surface area (Å²) in [6.07, 6.45) is 2.19. The van der Waals surface area contributed by atoms with Crippen LogP contribution in [0.4, 0.5) is 0 Å². The summed E-state index contributed by atoms with van der Waals surface area (Å²) in [4.78, 5) is 1.18. The summed E-state index contributed by atoms with van der Waals surface area (Å²) in [5.74, 6) is 0. The standard InChI is InChI=1S/C21H16ClNS/c1-15-7-10-18-13-20(16-5-3-2-4-6-16)21(23(18)14-15)24-19-11-8-17(22)9-12-19/h2-14H,1H3. The van der Waals surface area contributed by atoms with E-state index in [1.807, 2.05) is 12.1 Å². The van der Waals surface area contributed by atoms with Gasteiger partial charge in [-0.1, -0.05) is 59.8 Å². The Balaban J connectivity index is 1.90. The molecule has 0 unspecified atom stereocenters. The van der Waals surface area contributed by atoms with Gasteiger partial charge in [0.15, 0.2) is 0 Å². The lowest BCUT2D eigenvalue weighted by Gasteiger charge is -2.08. The lowest BCUT2D eigenvalue weighted by molar-refractivity contribution is 1.04. The number of pyridine rings is 1. The van der Waals surface area contributed by atoms with E-state index in [2.05, 4.69) is 78.2 Å². The minimum absolute atomic E-state index is 0.762. The van der Waals surface area contributed by atoms with Gasteiger partial charge in [0.1, 0.15) is 0 Å². The highest BCUT2D eigenvalue weighted by atomic mass is 35.5. The number of halogens is 1. The van der Waals surface area contributed by atoms with Crippen LogP contribution in [0.2, 0.25) is 5.02 Å². The number of benzene rings is 2. The zero-order valence-corrected chi connectivity index (χ0v) is 14.8. The first-order valence-corrected chi connectivity index (χ1v) is 9.01. The third kappa shape index (κ3) is 2.95. The van der Waals surface area contributed by atoms with E-state index in [1.54, 1.807) is 11.8 Å². The molecule has 0 fully saturated rings. The minimum Gasteiger partial charge on any atom is -0.311 e. The SMILES string of the molecule is Cc1ccc2cc(-c3ccccc3)c(Sc3ccc(Cl)cc3)n2c1. The zero-order valence-electron chi connectivity index (χ0n) is 13.2. The van der Waals surface area contributed by atoms with E-state index < -0.39 is 0 Å². The number of rotatable bonds is 3. The van der Waals surface area contributed by atoms with Crippen LogP contribution >= 0.6 is 23.4 Å². The Hall–Kier alpha value is -2.16. The second-order valence-corrected chi connectivity index (χ2v) is 7.29. The van der Waals surface area contributed by atoms with Gasteiger partial charge >= 0.3 is 0 Å². The van der Waals surface area contributed by atoms with Crippen molar-refractivity contribution in [3.8, 4) is 11.1 Å². The molecule has 0 atom stereocenters. The lowest BCUT2D eigenvalue weighted by atomic mass is 10.1. The van der Waals surface area contributed by atoms with E-state index in [4.69, 9.17) is 11.6 Å². The summed E-state index contributed by atoms with van der Waals surface area (Å²) in [6.45, 7) is 2.12. The number of fused-ring (bicyclic) bond motifs is 1. The summed E-state index contributed by atoms with van der Waals surface area (Å²) < 4.78 is 2.27. The fraction of sp³-hybridized carbons (Fsp3) is 0.0476. The molecule has 0 aliphatic carbocycles. The van der Waals surface area contributed by atoms with Gasteiger partial charge in [-0.15, -0.1) is 0 Å². The molecular weight excluding hydrogens is 334 g/mol. The van der Waals surface area contributed by atoms with Crippen LogP contribution in [0.5, 0.6) is 0 Å². The van der Waals surface area contributed by atoms with Crippen molar-refractivity contribution in [1.82, 2.24) is 4.40 Å². The Morgan fingerprint density at radius 1 is 0.875 bits per heavy atom. The van der Waals surface area contributed by atoms with Crippen LogP contribution in [-0.4, -0.2) is 4.40 Å². The van der Waals surface area contributed by atoms with Crippen LogP contribution in [-0.2, 0) is 0 Å². The van der Waals surface area contributed by atoms with Gasteiger partial charge in [0.2, 0.25) is 0 Å². The first kappa shape index (κ1) is 15.4. The van der Waals surface area contributed by atoms with Crippen molar-refractivity contribution in [1.29, 1.82) is 0 Å². The molecule has 4 aromatic rings. The van der Waals surface area contributed by atoms with E-state index >= 15 is 0 Å². The van der Waals surface area contributed by atoms with E-state index in [0.29, 0.717) is 0 Å². The van der Waals surface area contributed by atoms with Crippen LogP contribution in [0, 0.1) is 6.92 Å². The van der Waals surface area contributed by atoms with Gasteiger partial charge in [-0.25, -0.2) is 0 Å². The number of aromatic nitrogens is 1. The van der Waals surface area contributed by atoms with E-state index in [0.717, 1.165) is 5.02 Å². The molecular formula is C21H16ClNS. The van der Waals surface area contributed by atoms with Gasteiger partial charge in [-0.3, -0.25) is 0 Å². The van der Waals surface area contributed by atoms with E-state index in [-0.39, 0.29) is 0 Å². The Morgan fingerprint density at radius 2 is 1.62 bits per heavy atom. The molecule has 2 aromatic heterocycles. The number of aryl methyl sites for hydroxylation is 1. The molecule has 2 heterocycles. The molecule has 0 radical (unpaired) electrons. The molecule has 0 aliphatic heterocycles. The van der Waals surface area contributed by atoms with Crippen LogP contribution in [0.3, 0.4) is 0 Å². The van der Waals surface area contributed by atoms with Gasteiger partial charge in [-0.2, -0.15) is 0 Å². The molecule has 2 aromatic carbocycles. The van der Waals surface area contributed by atoms with E-state index in [9.17, 15) is 0 Å². The first-order valence-electron chi connectivity index (χ1n) is 7.81. The normalized spacial score (nSPS) is 11.1. The Bertz CT molecular complexity index is 988. The predicted molar refractivity (Wildman–Crippen MR) is 103 cm³/mol. The van der Waals surface area contributed by atoms with Crippen molar-refractivity contribution in [3.63, 3.8) is 0 Å². The summed E-state index contributed by atoms with van der Waals surface area (Å²) in [7, 11) is 0. The molecule has 0 spiro atoms. The maximum Gasteiger partial charge on any atom is 0.0922 e. The summed E-state index contributed by atoms with van der Waals surface area (Å²) in [5, 5.41) is 1.99. The van der Waals surface area contributed by atoms with Crippen molar-refractivity contribution < 1.29 is 0 Å². The third-order valence-electron chi connectivity index (χ3n) is 3.98. The van der Waals surface area contributed by atoms with Crippen molar-refractivity contribution in [2.75, 3.05) is 0 Å². The van der Waals surface area contributed by atoms with Gasteiger partial charge in [-0.05, 0) is 54.4 Å². The third-order valence-corrected chi connectivity index (χ3v) is 5.35. The Morgan fingerprint density at radius 3 is 2.38 bits per heavy atom. The van der Waals surface area contributed by atoms with Gasteiger partial charge in [0.05, 0.1) is 5.03 Å². The number of hydrogen-bond acceptors (Lipinski definition) is 1. The van der Waals surface area contributed by atoms with Crippen LogP contribution in [0.15, 0.2) is 88.9 Å². The Kier molecular flexibility index (Phi) is 4.09. The van der Waals surface area contributed by atoms with Crippen molar-refractivity contribution in [2.45, 2.75) is 16.8 Å².